The van der Waals surface area contributed by atoms with Gasteiger partial charge in [0.25, 0.3) is 0 Å². The van der Waals surface area contributed by atoms with Crippen LogP contribution in [-0.4, -0.2) is 24.1 Å². The summed E-state index contributed by atoms with van der Waals surface area (Å²) in [7, 11) is 0. The van der Waals surface area contributed by atoms with Crippen molar-refractivity contribution in [1.29, 1.82) is 0 Å². The predicted octanol–water partition coefficient (Wildman–Crippen LogP) is 12.7. The highest BCUT2D eigenvalue weighted by Gasteiger charge is 2.22. The quantitative estimate of drug-likeness (QED) is 0.172. The summed E-state index contributed by atoms with van der Waals surface area (Å²) >= 11 is 0. The van der Waals surface area contributed by atoms with E-state index in [0.29, 0.717) is 17.6 Å². The van der Waals surface area contributed by atoms with E-state index in [9.17, 15) is 0 Å². The summed E-state index contributed by atoms with van der Waals surface area (Å²) in [5, 5.41) is 4.70. The molecule has 0 saturated heterocycles. The van der Waals surface area contributed by atoms with Crippen LogP contribution in [-0.2, 0) is 0 Å². The lowest BCUT2D eigenvalue weighted by Gasteiger charge is -2.15. The maximum atomic E-state index is 5.41. The van der Waals surface area contributed by atoms with Gasteiger partial charge in [0.15, 0.2) is 11.6 Å². The van der Waals surface area contributed by atoms with Crippen LogP contribution in [0.2, 0.25) is 0 Å². The predicted molar refractivity (Wildman–Crippen MR) is 230 cm³/mol. The van der Waals surface area contributed by atoms with Crippen LogP contribution in [0.5, 0.6) is 0 Å². The summed E-state index contributed by atoms with van der Waals surface area (Å²) in [4.78, 5) is 16.1. The van der Waals surface area contributed by atoms with Crippen LogP contribution in [0, 0.1) is 0 Å². The Hall–Kier alpha value is -7.63. The van der Waals surface area contributed by atoms with Gasteiger partial charge in [0.05, 0.1) is 27.8 Å². The minimum Gasteiger partial charge on any atom is -0.309 e. The van der Waals surface area contributed by atoms with Crippen LogP contribution in [0.1, 0.15) is 0 Å². The van der Waals surface area contributed by atoms with Crippen molar-refractivity contribution in [2.75, 3.05) is 0 Å². The second kappa shape index (κ2) is 13.0. The second-order valence-electron chi connectivity index (χ2n) is 14.0. The number of aromatic nitrogens is 5. The first-order chi connectivity index (χ1) is 27.8. The molecule has 56 heavy (non-hydrogen) atoms. The lowest BCUT2D eigenvalue weighted by molar-refractivity contribution is 0.952. The fourth-order valence-electron chi connectivity index (χ4n) is 8.32. The Labute approximate surface area is 323 Å². The van der Waals surface area contributed by atoms with Crippen molar-refractivity contribution in [2.45, 2.75) is 0 Å². The van der Waals surface area contributed by atoms with Gasteiger partial charge in [0.2, 0.25) is 5.95 Å². The van der Waals surface area contributed by atoms with Gasteiger partial charge in [0, 0.05) is 32.7 Å². The molecule has 0 aliphatic carbocycles. The summed E-state index contributed by atoms with van der Waals surface area (Å²) in [6, 6.07) is 70.2. The zero-order chi connectivity index (χ0) is 37.0. The molecule has 3 heterocycles. The fraction of sp³-hybridized carbons (Fsp3) is 0. The van der Waals surface area contributed by atoms with E-state index < -0.39 is 0 Å². The van der Waals surface area contributed by atoms with Gasteiger partial charge in [-0.15, -0.1) is 0 Å². The van der Waals surface area contributed by atoms with Gasteiger partial charge in [-0.2, -0.15) is 9.97 Å². The molecule has 0 fully saturated rings. The summed E-state index contributed by atoms with van der Waals surface area (Å²) in [5.74, 6) is 1.76. The normalized spacial score (nSPS) is 11.6. The molecule has 11 aromatic rings. The zero-order valence-corrected chi connectivity index (χ0v) is 30.3. The van der Waals surface area contributed by atoms with E-state index in [1.165, 1.54) is 16.3 Å². The Morgan fingerprint density at radius 3 is 1.54 bits per heavy atom. The van der Waals surface area contributed by atoms with E-state index in [0.717, 1.165) is 66.3 Å². The van der Waals surface area contributed by atoms with E-state index in [1.807, 2.05) is 6.07 Å². The van der Waals surface area contributed by atoms with Crippen molar-refractivity contribution >= 4 is 43.6 Å². The molecule has 0 amide bonds. The first-order valence-corrected chi connectivity index (χ1v) is 18.9. The standard InChI is InChI=1S/C51H33N5/c1-3-17-34(18-4-1)36-21-15-22-37(33-36)49-52-50(42-26-10-14-31-46(42)55-43-28-11-7-23-39(43)40-24-8-12-29-44(40)55)54-51(53-49)56-45-30-13-9-25-41(45)48-38(27-16-32-47(48)56)35-19-5-2-6-20-35/h1-33H. The van der Waals surface area contributed by atoms with Crippen molar-refractivity contribution in [3.8, 4) is 56.7 Å². The number of fused-ring (bicyclic) bond motifs is 6. The molecule has 0 saturated carbocycles. The molecule has 0 bridgehead atoms. The average molecular weight is 716 g/mol. The maximum Gasteiger partial charge on any atom is 0.238 e. The molecule has 0 radical (unpaired) electrons. The van der Waals surface area contributed by atoms with Crippen LogP contribution in [0.4, 0.5) is 0 Å². The third kappa shape index (κ3) is 5.13. The fourth-order valence-corrected chi connectivity index (χ4v) is 8.32. The molecule has 8 aromatic carbocycles. The van der Waals surface area contributed by atoms with Crippen molar-refractivity contribution in [3.05, 3.63) is 200 Å². The molecule has 3 aromatic heterocycles. The van der Waals surface area contributed by atoms with Crippen LogP contribution in [0.3, 0.4) is 0 Å². The number of nitrogens with zero attached hydrogens (tertiary/aromatic N) is 5. The molecule has 0 aliphatic heterocycles. The van der Waals surface area contributed by atoms with Gasteiger partial charge >= 0.3 is 0 Å². The maximum absolute atomic E-state index is 5.41. The SMILES string of the molecule is c1ccc(-c2cccc(-c3nc(-c4ccccc4-n4c5ccccc5c5ccccc54)nc(-n4c5ccccc5c5c(-c6ccccc6)cccc54)n3)c2)cc1. The Morgan fingerprint density at radius 1 is 0.304 bits per heavy atom. The third-order valence-electron chi connectivity index (χ3n) is 10.8. The van der Waals surface area contributed by atoms with Crippen molar-refractivity contribution < 1.29 is 0 Å². The molecule has 0 unspecified atom stereocenters. The van der Waals surface area contributed by atoms with Gasteiger partial charge in [-0.3, -0.25) is 4.57 Å². The summed E-state index contributed by atoms with van der Waals surface area (Å²) in [5.41, 5.74) is 11.7. The summed E-state index contributed by atoms with van der Waals surface area (Å²) in [6.45, 7) is 0. The minimum atomic E-state index is 0.559. The highest BCUT2D eigenvalue weighted by molar-refractivity contribution is 6.15. The van der Waals surface area contributed by atoms with E-state index in [2.05, 4.69) is 203 Å². The minimum absolute atomic E-state index is 0.559. The van der Waals surface area contributed by atoms with Gasteiger partial charge in [-0.25, -0.2) is 4.98 Å². The lowest BCUT2D eigenvalue weighted by atomic mass is 9.99. The Balaban J connectivity index is 1.21. The smallest absolute Gasteiger partial charge is 0.238 e. The topological polar surface area (TPSA) is 48.5 Å². The van der Waals surface area contributed by atoms with Crippen molar-refractivity contribution in [3.63, 3.8) is 0 Å². The van der Waals surface area contributed by atoms with E-state index in [4.69, 9.17) is 15.0 Å². The monoisotopic (exact) mass is 715 g/mol. The first kappa shape index (κ1) is 31.9. The highest BCUT2D eigenvalue weighted by Crippen LogP contribution is 2.40. The third-order valence-corrected chi connectivity index (χ3v) is 10.8. The molecule has 0 N–H and O–H groups in total. The van der Waals surface area contributed by atoms with Crippen LogP contribution >= 0.6 is 0 Å². The van der Waals surface area contributed by atoms with Crippen LogP contribution < -0.4 is 0 Å². The number of rotatable bonds is 6. The Kier molecular flexibility index (Phi) is 7.42. The summed E-state index contributed by atoms with van der Waals surface area (Å²) in [6.07, 6.45) is 0. The van der Waals surface area contributed by atoms with Gasteiger partial charge in [-0.05, 0) is 64.7 Å². The molecule has 262 valence electrons. The van der Waals surface area contributed by atoms with Crippen molar-refractivity contribution in [2.24, 2.45) is 0 Å². The van der Waals surface area contributed by atoms with E-state index in [-0.39, 0.29) is 0 Å². The second-order valence-corrected chi connectivity index (χ2v) is 14.0. The van der Waals surface area contributed by atoms with Gasteiger partial charge in [-0.1, -0.05) is 158 Å². The van der Waals surface area contributed by atoms with Crippen LogP contribution in [0.15, 0.2) is 200 Å². The van der Waals surface area contributed by atoms with E-state index >= 15 is 0 Å². The van der Waals surface area contributed by atoms with Gasteiger partial charge < -0.3 is 4.57 Å². The van der Waals surface area contributed by atoms with Crippen molar-refractivity contribution in [1.82, 2.24) is 24.1 Å². The molecule has 5 heteroatoms. The molecular weight excluding hydrogens is 683 g/mol. The number of hydrogen-bond donors (Lipinski definition) is 0. The molecule has 0 aliphatic rings. The largest absolute Gasteiger partial charge is 0.309 e. The zero-order valence-electron chi connectivity index (χ0n) is 30.3. The number of hydrogen-bond acceptors (Lipinski definition) is 3. The Bertz CT molecular complexity index is 3200. The average Bonchev–Trinajstić information content (AvgIpc) is 3.80. The summed E-state index contributed by atoms with van der Waals surface area (Å²) < 4.78 is 4.54. The van der Waals surface area contributed by atoms with Crippen LogP contribution in [0.25, 0.3) is 100 Å². The Morgan fingerprint density at radius 2 is 0.804 bits per heavy atom. The first-order valence-electron chi connectivity index (χ1n) is 18.9. The molecule has 0 atom stereocenters. The molecular formula is C51H33N5. The highest BCUT2D eigenvalue weighted by atomic mass is 15.2. The van der Waals surface area contributed by atoms with Gasteiger partial charge in [0.1, 0.15) is 0 Å². The lowest BCUT2D eigenvalue weighted by Crippen LogP contribution is -2.08. The molecule has 5 nitrogen and oxygen atoms in total. The number of para-hydroxylation sites is 4. The molecule has 0 spiro atoms. The van der Waals surface area contributed by atoms with E-state index in [1.54, 1.807) is 0 Å². The molecule has 11 rings (SSSR count). The number of benzene rings is 8.